The molecule has 1 aromatic carbocycles. The molecule has 0 unspecified atom stereocenters. The Balaban J connectivity index is 0.00000243. The fourth-order valence-corrected chi connectivity index (χ4v) is 3.09. The van der Waals surface area contributed by atoms with Crippen LogP contribution < -0.4 is 4.74 Å². The topological polar surface area (TPSA) is 45.7 Å². The van der Waals surface area contributed by atoms with Gasteiger partial charge in [0.15, 0.2) is 0 Å². The van der Waals surface area contributed by atoms with Crippen molar-refractivity contribution in [1.29, 1.82) is 0 Å². The SMILES string of the molecule is CCOc1ccccc1C(=O)N1CCN(CCc2ccccn2)CC1.Cl. The predicted molar refractivity (Wildman–Crippen MR) is 105 cm³/mol. The van der Waals surface area contributed by atoms with Crippen LogP contribution in [0.4, 0.5) is 0 Å². The fourth-order valence-electron chi connectivity index (χ4n) is 3.09. The summed E-state index contributed by atoms with van der Waals surface area (Å²) >= 11 is 0. The Morgan fingerprint density at radius 3 is 2.50 bits per heavy atom. The number of nitrogens with zero attached hydrogens (tertiary/aromatic N) is 3. The van der Waals surface area contributed by atoms with E-state index < -0.39 is 0 Å². The quantitative estimate of drug-likeness (QED) is 0.778. The Kier molecular flexibility index (Phi) is 7.88. The van der Waals surface area contributed by atoms with Crippen LogP contribution >= 0.6 is 12.4 Å². The van der Waals surface area contributed by atoms with Crippen molar-refractivity contribution in [3.05, 3.63) is 59.9 Å². The summed E-state index contributed by atoms with van der Waals surface area (Å²) in [6, 6.07) is 13.5. The number of hydrogen-bond donors (Lipinski definition) is 0. The minimum atomic E-state index is 0. The van der Waals surface area contributed by atoms with E-state index in [-0.39, 0.29) is 18.3 Å². The van der Waals surface area contributed by atoms with Crippen molar-refractivity contribution in [3.8, 4) is 5.75 Å². The fraction of sp³-hybridized carbons (Fsp3) is 0.400. The van der Waals surface area contributed by atoms with Gasteiger partial charge in [-0.3, -0.25) is 14.7 Å². The Hall–Kier alpha value is -2.11. The van der Waals surface area contributed by atoms with Crippen molar-refractivity contribution in [2.75, 3.05) is 39.3 Å². The molecule has 1 amide bonds. The molecule has 0 N–H and O–H groups in total. The molecule has 1 fully saturated rings. The first-order valence-corrected chi connectivity index (χ1v) is 8.91. The second-order valence-corrected chi connectivity index (χ2v) is 6.13. The first-order chi connectivity index (χ1) is 12.3. The molecule has 1 aliphatic heterocycles. The minimum Gasteiger partial charge on any atom is -0.493 e. The second kappa shape index (κ2) is 10.1. The Morgan fingerprint density at radius 1 is 1.08 bits per heavy atom. The van der Waals surface area contributed by atoms with E-state index in [2.05, 4.69) is 16.0 Å². The standard InChI is InChI=1S/C20H25N3O2.ClH/c1-2-25-19-9-4-3-8-18(19)20(24)23-15-13-22(14-16-23)12-10-17-7-5-6-11-21-17;/h3-9,11H,2,10,12-16H2,1H3;1H. The summed E-state index contributed by atoms with van der Waals surface area (Å²) in [5.41, 5.74) is 1.78. The van der Waals surface area contributed by atoms with Gasteiger partial charge in [0.1, 0.15) is 5.75 Å². The summed E-state index contributed by atoms with van der Waals surface area (Å²) in [6.45, 7) is 6.77. The number of piperazine rings is 1. The highest BCUT2D eigenvalue weighted by Gasteiger charge is 2.24. The van der Waals surface area contributed by atoms with Gasteiger partial charge in [-0.05, 0) is 31.2 Å². The van der Waals surface area contributed by atoms with E-state index in [9.17, 15) is 4.79 Å². The number of pyridine rings is 1. The number of para-hydroxylation sites is 1. The smallest absolute Gasteiger partial charge is 0.257 e. The van der Waals surface area contributed by atoms with Crippen molar-refractivity contribution in [1.82, 2.24) is 14.8 Å². The van der Waals surface area contributed by atoms with E-state index in [1.807, 2.05) is 54.4 Å². The molecule has 2 heterocycles. The zero-order chi connectivity index (χ0) is 17.5. The minimum absolute atomic E-state index is 0. The van der Waals surface area contributed by atoms with E-state index >= 15 is 0 Å². The van der Waals surface area contributed by atoms with E-state index in [1.165, 1.54) is 0 Å². The average Bonchev–Trinajstić information content (AvgIpc) is 2.68. The lowest BCUT2D eigenvalue weighted by Crippen LogP contribution is -2.49. The van der Waals surface area contributed by atoms with Crippen LogP contribution in [0, 0.1) is 0 Å². The highest BCUT2D eigenvalue weighted by Crippen LogP contribution is 2.20. The molecule has 1 saturated heterocycles. The molecule has 3 rings (SSSR count). The van der Waals surface area contributed by atoms with Gasteiger partial charge in [-0.1, -0.05) is 18.2 Å². The van der Waals surface area contributed by atoms with Gasteiger partial charge in [0, 0.05) is 51.0 Å². The summed E-state index contributed by atoms with van der Waals surface area (Å²) in [5.74, 6) is 0.737. The first kappa shape index (κ1) is 20.2. The molecule has 1 aliphatic rings. The summed E-state index contributed by atoms with van der Waals surface area (Å²) in [4.78, 5) is 21.5. The highest BCUT2D eigenvalue weighted by molar-refractivity contribution is 5.97. The Bertz CT molecular complexity index is 688. The molecule has 2 aromatic rings. The largest absolute Gasteiger partial charge is 0.493 e. The molecular weight excluding hydrogens is 350 g/mol. The number of aromatic nitrogens is 1. The van der Waals surface area contributed by atoms with E-state index in [4.69, 9.17) is 4.74 Å². The van der Waals surface area contributed by atoms with E-state index in [0.29, 0.717) is 17.9 Å². The van der Waals surface area contributed by atoms with Crippen LogP contribution in [-0.4, -0.2) is 60.0 Å². The third-order valence-corrected chi connectivity index (χ3v) is 4.49. The maximum absolute atomic E-state index is 12.8. The van der Waals surface area contributed by atoms with Gasteiger partial charge in [0.05, 0.1) is 12.2 Å². The van der Waals surface area contributed by atoms with Gasteiger partial charge in [0.25, 0.3) is 5.91 Å². The molecule has 5 nitrogen and oxygen atoms in total. The van der Waals surface area contributed by atoms with Crippen molar-refractivity contribution < 1.29 is 9.53 Å². The molecule has 1 aromatic heterocycles. The van der Waals surface area contributed by atoms with E-state index in [1.54, 1.807) is 0 Å². The summed E-state index contributed by atoms with van der Waals surface area (Å²) in [6.07, 6.45) is 2.78. The molecular formula is C20H26ClN3O2. The maximum atomic E-state index is 12.8. The molecule has 0 spiro atoms. The number of ether oxygens (including phenoxy) is 1. The van der Waals surface area contributed by atoms with Crippen LogP contribution in [0.3, 0.4) is 0 Å². The van der Waals surface area contributed by atoms with Crippen molar-refractivity contribution in [3.63, 3.8) is 0 Å². The number of rotatable bonds is 6. The summed E-state index contributed by atoms with van der Waals surface area (Å²) in [7, 11) is 0. The zero-order valence-electron chi connectivity index (χ0n) is 15.1. The molecule has 0 radical (unpaired) electrons. The predicted octanol–water partition coefficient (Wildman–Crippen LogP) is 2.90. The lowest BCUT2D eigenvalue weighted by molar-refractivity contribution is 0.0634. The molecule has 26 heavy (non-hydrogen) atoms. The molecule has 6 heteroatoms. The number of halogens is 1. The van der Waals surface area contributed by atoms with Gasteiger partial charge in [-0.2, -0.15) is 0 Å². The summed E-state index contributed by atoms with van der Waals surface area (Å²) < 4.78 is 5.59. The van der Waals surface area contributed by atoms with Crippen LogP contribution in [0.5, 0.6) is 5.75 Å². The number of carbonyl (C=O) groups excluding carboxylic acids is 1. The molecule has 0 saturated carbocycles. The third kappa shape index (κ3) is 5.19. The van der Waals surface area contributed by atoms with Crippen LogP contribution in [0.15, 0.2) is 48.7 Å². The summed E-state index contributed by atoms with van der Waals surface area (Å²) in [5, 5.41) is 0. The molecule has 140 valence electrons. The monoisotopic (exact) mass is 375 g/mol. The maximum Gasteiger partial charge on any atom is 0.257 e. The second-order valence-electron chi connectivity index (χ2n) is 6.13. The van der Waals surface area contributed by atoms with Crippen molar-refractivity contribution in [2.24, 2.45) is 0 Å². The number of carbonyl (C=O) groups is 1. The van der Waals surface area contributed by atoms with Crippen LogP contribution in [-0.2, 0) is 6.42 Å². The van der Waals surface area contributed by atoms with Crippen molar-refractivity contribution >= 4 is 18.3 Å². The van der Waals surface area contributed by atoms with Gasteiger partial charge < -0.3 is 9.64 Å². The van der Waals surface area contributed by atoms with Gasteiger partial charge >= 0.3 is 0 Å². The van der Waals surface area contributed by atoms with Crippen LogP contribution in [0.25, 0.3) is 0 Å². The normalized spacial score (nSPS) is 14.6. The average molecular weight is 376 g/mol. The number of hydrogen-bond acceptors (Lipinski definition) is 4. The number of amides is 1. The van der Waals surface area contributed by atoms with Gasteiger partial charge in [0.2, 0.25) is 0 Å². The van der Waals surface area contributed by atoms with Crippen LogP contribution in [0.1, 0.15) is 23.0 Å². The lowest BCUT2D eigenvalue weighted by Gasteiger charge is -2.35. The zero-order valence-corrected chi connectivity index (χ0v) is 16.0. The number of benzene rings is 1. The van der Waals surface area contributed by atoms with Gasteiger partial charge in [-0.15, -0.1) is 12.4 Å². The lowest BCUT2D eigenvalue weighted by atomic mass is 10.1. The Morgan fingerprint density at radius 2 is 1.81 bits per heavy atom. The highest BCUT2D eigenvalue weighted by atomic mass is 35.5. The van der Waals surface area contributed by atoms with Crippen molar-refractivity contribution in [2.45, 2.75) is 13.3 Å². The molecule has 0 bridgehead atoms. The van der Waals surface area contributed by atoms with E-state index in [0.717, 1.165) is 44.8 Å². The third-order valence-electron chi connectivity index (χ3n) is 4.49. The Labute approximate surface area is 161 Å². The molecule has 0 atom stereocenters. The van der Waals surface area contributed by atoms with Crippen LogP contribution in [0.2, 0.25) is 0 Å². The molecule has 0 aliphatic carbocycles. The first-order valence-electron chi connectivity index (χ1n) is 8.91. The van der Waals surface area contributed by atoms with Gasteiger partial charge in [-0.25, -0.2) is 0 Å².